The van der Waals surface area contributed by atoms with E-state index < -0.39 is 0 Å². The molecule has 2 rings (SSSR count). The maximum atomic E-state index is 9.16. The van der Waals surface area contributed by atoms with Crippen molar-refractivity contribution in [2.24, 2.45) is 5.92 Å². The summed E-state index contributed by atoms with van der Waals surface area (Å²) >= 11 is 0. The van der Waals surface area contributed by atoms with Crippen molar-refractivity contribution in [3.05, 3.63) is 0 Å². The maximum absolute atomic E-state index is 9.16. The number of fused-ring (bicyclic) bond motifs is 1. The molecule has 0 aromatic heterocycles. The molecule has 0 radical (unpaired) electrons. The minimum absolute atomic E-state index is 0.338. The van der Waals surface area contributed by atoms with Gasteiger partial charge in [-0.15, -0.1) is 0 Å². The number of nitriles is 1. The Bertz CT molecular complexity index is 334. The molecule has 1 heterocycles. The lowest BCUT2D eigenvalue weighted by Crippen LogP contribution is -2.47. The summed E-state index contributed by atoms with van der Waals surface area (Å²) < 4.78 is 0. The van der Waals surface area contributed by atoms with Gasteiger partial charge in [0, 0.05) is 6.04 Å². The molecule has 0 bridgehead atoms. The van der Waals surface area contributed by atoms with E-state index in [0.29, 0.717) is 0 Å². The lowest BCUT2D eigenvalue weighted by atomic mass is 9.78. The van der Waals surface area contributed by atoms with Crippen LogP contribution in [-0.2, 0) is 0 Å². The van der Waals surface area contributed by atoms with Crippen LogP contribution in [0.1, 0.15) is 64.7 Å². The van der Waals surface area contributed by atoms with Gasteiger partial charge in [0.2, 0.25) is 0 Å². The molecule has 1 saturated heterocycles. The van der Waals surface area contributed by atoms with Crippen molar-refractivity contribution in [1.82, 2.24) is 10.2 Å². The van der Waals surface area contributed by atoms with E-state index in [4.69, 9.17) is 5.26 Å². The number of hydrogen-bond acceptors (Lipinski definition) is 3. The fourth-order valence-electron chi connectivity index (χ4n) is 4.04. The van der Waals surface area contributed by atoms with Gasteiger partial charge in [0.05, 0.1) is 6.07 Å². The Morgan fingerprint density at radius 3 is 2.70 bits per heavy atom. The summed E-state index contributed by atoms with van der Waals surface area (Å²) in [7, 11) is 1.89. The third-order valence-electron chi connectivity index (χ3n) is 5.53. The summed E-state index contributed by atoms with van der Waals surface area (Å²) in [5, 5.41) is 12.3. The maximum Gasteiger partial charge on any atom is 0.103 e. The SMILES string of the molecule is CNC(C)(C#N)CCCCN1CCC[C@H]2CCCC[C@H]21. The molecule has 1 aliphatic carbocycles. The van der Waals surface area contributed by atoms with Gasteiger partial charge in [-0.1, -0.05) is 12.8 Å². The molecule has 1 N–H and O–H groups in total. The van der Waals surface area contributed by atoms with Crippen molar-refractivity contribution in [1.29, 1.82) is 5.26 Å². The number of unbranched alkanes of at least 4 members (excludes halogenated alkanes) is 1. The zero-order chi connectivity index (χ0) is 14.4. The zero-order valence-corrected chi connectivity index (χ0v) is 13.3. The Balaban J connectivity index is 1.72. The van der Waals surface area contributed by atoms with Gasteiger partial charge in [0.1, 0.15) is 5.54 Å². The third-order valence-corrected chi connectivity index (χ3v) is 5.53. The van der Waals surface area contributed by atoms with E-state index in [-0.39, 0.29) is 5.54 Å². The first kappa shape index (κ1) is 15.8. The molecule has 1 aliphatic heterocycles. The smallest absolute Gasteiger partial charge is 0.103 e. The van der Waals surface area contributed by atoms with Gasteiger partial charge >= 0.3 is 0 Å². The van der Waals surface area contributed by atoms with Crippen LogP contribution in [0.25, 0.3) is 0 Å². The van der Waals surface area contributed by atoms with Crippen molar-refractivity contribution < 1.29 is 0 Å². The highest BCUT2D eigenvalue weighted by Gasteiger charge is 2.32. The van der Waals surface area contributed by atoms with E-state index in [2.05, 4.69) is 16.3 Å². The van der Waals surface area contributed by atoms with Gasteiger partial charge in [-0.25, -0.2) is 0 Å². The molecule has 114 valence electrons. The van der Waals surface area contributed by atoms with Gasteiger partial charge in [0.15, 0.2) is 0 Å². The van der Waals surface area contributed by atoms with E-state index in [9.17, 15) is 0 Å². The molecule has 3 atom stereocenters. The average molecular weight is 277 g/mol. The van der Waals surface area contributed by atoms with Crippen LogP contribution in [0.2, 0.25) is 0 Å². The number of rotatable bonds is 6. The van der Waals surface area contributed by atoms with Crippen LogP contribution in [0.3, 0.4) is 0 Å². The second-order valence-corrected chi connectivity index (χ2v) is 6.94. The molecule has 20 heavy (non-hydrogen) atoms. The standard InChI is InChI=1S/C17H31N3/c1-17(14-18,19-2)11-5-6-12-20-13-7-9-15-8-3-4-10-16(15)20/h15-16,19H,3-13H2,1-2H3/t15-,16-,17?/m1/s1. The van der Waals surface area contributed by atoms with Crippen molar-refractivity contribution in [2.45, 2.75) is 76.3 Å². The van der Waals surface area contributed by atoms with Gasteiger partial charge in [0.25, 0.3) is 0 Å². The second kappa shape index (κ2) is 7.43. The van der Waals surface area contributed by atoms with Crippen LogP contribution in [0, 0.1) is 17.2 Å². The number of likely N-dealkylation sites (tertiary alicyclic amines) is 1. The van der Waals surface area contributed by atoms with Crippen LogP contribution in [0.5, 0.6) is 0 Å². The normalized spacial score (nSPS) is 30.2. The predicted octanol–water partition coefficient (Wildman–Crippen LogP) is 3.31. The van der Waals surface area contributed by atoms with Crippen molar-refractivity contribution in [3.8, 4) is 6.07 Å². The van der Waals surface area contributed by atoms with Gasteiger partial charge in [-0.05, 0) is 77.9 Å². The Labute approximate surface area is 124 Å². The van der Waals surface area contributed by atoms with Gasteiger partial charge in [-0.3, -0.25) is 0 Å². The monoisotopic (exact) mass is 277 g/mol. The molecule has 0 aromatic rings. The van der Waals surface area contributed by atoms with E-state index in [1.807, 2.05) is 14.0 Å². The average Bonchev–Trinajstić information content (AvgIpc) is 2.51. The van der Waals surface area contributed by atoms with Gasteiger partial charge < -0.3 is 10.2 Å². The molecule has 2 aliphatic rings. The summed E-state index contributed by atoms with van der Waals surface area (Å²) in [4.78, 5) is 2.76. The van der Waals surface area contributed by atoms with E-state index in [1.165, 1.54) is 58.0 Å². The highest BCUT2D eigenvalue weighted by atomic mass is 15.2. The topological polar surface area (TPSA) is 39.1 Å². The molecule has 2 fully saturated rings. The number of nitrogens with zero attached hydrogens (tertiary/aromatic N) is 2. The Kier molecular flexibility index (Phi) is 5.86. The highest BCUT2D eigenvalue weighted by molar-refractivity contribution is 5.02. The number of nitrogens with one attached hydrogen (secondary N) is 1. The predicted molar refractivity (Wildman–Crippen MR) is 83.5 cm³/mol. The highest BCUT2D eigenvalue weighted by Crippen LogP contribution is 2.35. The minimum atomic E-state index is -0.338. The lowest BCUT2D eigenvalue weighted by Gasteiger charge is -2.44. The zero-order valence-electron chi connectivity index (χ0n) is 13.3. The fourth-order valence-corrected chi connectivity index (χ4v) is 4.04. The van der Waals surface area contributed by atoms with Crippen LogP contribution >= 0.6 is 0 Å². The van der Waals surface area contributed by atoms with Crippen molar-refractivity contribution >= 4 is 0 Å². The summed E-state index contributed by atoms with van der Waals surface area (Å²) in [5.74, 6) is 0.985. The summed E-state index contributed by atoms with van der Waals surface area (Å²) in [6.45, 7) is 4.56. The van der Waals surface area contributed by atoms with Crippen LogP contribution in [-0.4, -0.2) is 36.6 Å². The number of piperidine rings is 1. The minimum Gasteiger partial charge on any atom is -0.303 e. The van der Waals surface area contributed by atoms with E-state index in [1.54, 1.807) is 0 Å². The molecular formula is C17H31N3. The summed E-state index contributed by atoms with van der Waals surface area (Å²) in [5.41, 5.74) is -0.338. The molecule has 3 heteroatoms. The van der Waals surface area contributed by atoms with Crippen LogP contribution < -0.4 is 5.32 Å². The lowest BCUT2D eigenvalue weighted by molar-refractivity contribution is 0.0593. The Morgan fingerprint density at radius 1 is 1.20 bits per heavy atom. The first-order valence-corrected chi connectivity index (χ1v) is 8.53. The van der Waals surface area contributed by atoms with Crippen molar-refractivity contribution in [3.63, 3.8) is 0 Å². The molecule has 0 aromatic carbocycles. The van der Waals surface area contributed by atoms with E-state index in [0.717, 1.165) is 24.8 Å². The van der Waals surface area contributed by atoms with Crippen LogP contribution in [0.4, 0.5) is 0 Å². The molecule has 0 spiro atoms. The van der Waals surface area contributed by atoms with Crippen LogP contribution in [0.15, 0.2) is 0 Å². The first-order valence-electron chi connectivity index (χ1n) is 8.53. The van der Waals surface area contributed by atoms with E-state index >= 15 is 0 Å². The second-order valence-electron chi connectivity index (χ2n) is 6.94. The molecular weight excluding hydrogens is 246 g/mol. The molecule has 1 unspecified atom stereocenters. The Morgan fingerprint density at radius 2 is 1.95 bits per heavy atom. The molecule has 3 nitrogen and oxygen atoms in total. The fraction of sp³-hybridized carbons (Fsp3) is 0.941. The largest absolute Gasteiger partial charge is 0.303 e. The molecule has 0 amide bonds. The van der Waals surface area contributed by atoms with Gasteiger partial charge in [-0.2, -0.15) is 5.26 Å². The third kappa shape index (κ3) is 3.96. The molecule has 1 saturated carbocycles. The number of hydrogen-bond donors (Lipinski definition) is 1. The van der Waals surface area contributed by atoms with Crippen molar-refractivity contribution in [2.75, 3.05) is 20.1 Å². The summed E-state index contributed by atoms with van der Waals surface area (Å²) in [6, 6.07) is 3.27. The summed E-state index contributed by atoms with van der Waals surface area (Å²) in [6.07, 6.45) is 12.0. The quantitative estimate of drug-likeness (QED) is 0.757. The Hall–Kier alpha value is -0.590. The first-order chi connectivity index (χ1) is 9.68.